The summed E-state index contributed by atoms with van der Waals surface area (Å²) in [7, 11) is 1.62. The molecule has 1 saturated heterocycles. The number of benzene rings is 1. The van der Waals surface area contributed by atoms with Crippen LogP contribution in [0.15, 0.2) is 18.2 Å². The summed E-state index contributed by atoms with van der Waals surface area (Å²) >= 11 is 0. The summed E-state index contributed by atoms with van der Waals surface area (Å²) in [5.41, 5.74) is 1.92. The summed E-state index contributed by atoms with van der Waals surface area (Å²) < 4.78 is 5.29. The van der Waals surface area contributed by atoms with Gasteiger partial charge in [0.25, 0.3) is 0 Å². The normalized spacial score (nSPS) is 18.9. The molecule has 1 aromatic carbocycles. The average molecular weight is 247 g/mol. The van der Waals surface area contributed by atoms with E-state index < -0.39 is 0 Å². The van der Waals surface area contributed by atoms with Crippen LogP contribution in [-0.4, -0.2) is 26.0 Å². The Morgan fingerprint density at radius 2 is 2.33 bits per heavy atom. The van der Waals surface area contributed by atoms with Crippen LogP contribution in [0.1, 0.15) is 35.7 Å². The van der Waals surface area contributed by atoms with E-state index in [9.17, 15) is 4.79 Å². The minimum atomic E-state index is 0.204. The summed E-state index contributed by atoms with van der Waals surface area (Å²) in [6, 6.07) is 5.90. The van der Waals surface area contributed by atoms with Crippen LogP contribution in [0, 0.1) is 5.92 Å². The number of ketones is 1. The highest BCUT2D eigenvalue weighted by Crippen LogP contribution is 2.24. The minimum absolute atomic E-state index is 0.204. The second kappa shape index (κ2) is 6.01. The molecule has 2 rings (SSSR count). The first-order valence-corrected chi connectivity index (χ1v) is 6.65. The van der Waals surface area contributed by atoms with Crippen LogP contribution < -0.4 is 10.1 Å². The van der Waals surface area contributed by atoms with Crippen LogP contribution in [0.25, 0.3) is 0 Å². The average Bonchev–Trinajstić information content (AvgIpc) is 2.90. The van der Waals surface area contributed by atoms with Crippen molar-refractivity contribution in [1.82, 2.24) is 5.32 Å². The number of hydrogen-bond acceptors (Lipinski definition) is 3. The van der Waals surface area contributed by atoms with Gasteiger partial charge in [-0.3, -0.25) is 4.79 Å². The smallest absolute Gasteiger partial charge is 0.166 e. The molecule has 18 heavy (non-hydrogen) atoms. The monoisotopic (exact) mass is 247 g/mol. The van der Waals surface area contributed by atoms with Gasteiger partial charge >= 0.3 is 0 Å². The van der Waals surface area contributed by atoms with Gasteiger partial charge in [0.1, 0.15) is 5.75 Å². The summed E-state index contributed by atoms with van der Waals surface area (Å²) in [4.78, 5) is 12.3. The molecule has 0 aliphatic carbocycles. The van der Waals surface area contributed by atoms with E-state index in [0.717, 1.165) is 31.5 Å². The largest absolute Gasteiger partial charge is 0.496 e. The van der Waals surface area contributed by atoms with E-state index in [0.29, 0.717) is 18.1 Å². The number of methoxy groups -OCH3 is 1. The molecular weight excluding hydrogens is 226 g/mol. The van der Waals surface area contributed by atoms with Gasteiger partial charge in [0.2, 0.25) is 0 Å². The fraction of sp³-hybridized carbons (Fsp3) is 0.533. The van der Waals surface area contributed by atoms with Gasteiger partial charge < -0.3 is 10.1 Å². The van der Waals surface area contributed by atoms with Crippen LogP contribution in [0.5, 0.6) is 5.75 Å². The first-order chi connectivity index (χ1) is 8.74. The Hall–Kier alpha value is -1.35. The second-order valence-corrected chi connectivity index (χ2v) is 4.87. The van der Waals surface area contributed by atoms with E-state index in [1.165, 1.54) is 5.56 Å². The fourth-order valence-corrected chi connectivity index (χ4v) is 2.45. The maximum atomic E-state index is 12.3. The lowest BCUT2D eigenvalue weighted by atomic mass is 9.95. The van der Waals surface area contributed by atoms with Gasteiger partial charge in [0, 0.05) is 6.42 Å². The fourth-order valence-electron chi connectivity index (χ4n) is 2.45. The molecule has 3 heteroatoms. The second-order valence-electron chi connectivity index (χ2n) is 4.87. The van der Waals surface area contributed by atoms with Crippen molar-refractivity contribution in [3.8, 4) is 5.75 Å². The predicted molar refractivity (Wildman–Crippen MR) is 72.3 cm³/mol. The van der Waals surface area contributed by atoms with E-state index >= 15 is 0 Å². The Bertz CT molecular complexity index is 423. The molecule has 0 bridgehead atoms. The highest BCUT2D eigenvalue weighted by Gasteiger charge is 2.21. The number of ether oxygens (including phenoxy) is 1. The lowest BCUT2D eigenvalue weighted by Gasteiger charge is -2.11. The van der Waals surface area contributed by atoms with Gasteiger partial charge in [-0.25, -0.2) is 0 Å². The molecule has 1 heterocycles. The third-order valence-corrected chi connectivity index (χ3v) is 3.61. The Morgan fingerprint density at radius 1 is 1.50 bits per heavy atom. The Balaban J connectivity index is 2.16. The molecule has 1 atom stereocenters. The van der Waals surface area contributed by atoms with Crippen LogP contribution in [0.3, 0.4) is 0 Å². The lowest BCUT2D eigenvalue weighted by Crippen LogP contribution is -2.13. The standard InChI is InChI=1S/C15H21NO2/c1-3-11-4-5-15(18-2)13(8-11)14(17)9-12-6-7-16-10-12/h4-5,8,12,16H,3,6-7,9-10H2,1-2H3. The molecule has 1 aliphatic rings. The number of rotatable bonds is 5. The van der Waals surface area contributed by atoms with Crippen molar-refractivity contribution < 1.29 is 9.53 Å². The number of carbonyl (C=O) groups is 1. The van der Waals surface area contributed by atoms with Crippen LogP contribution in [0.2, 0.25) is 0 Å². The van der Waals surface area contributed by atoms with Gasteiger partial charge in [-0.1, -0.05) is 13.0 Å². The zero-order valence-electron chi connectivity index (χ0n) is 11.2. The lowest BCUT2D eigenvalue weighted by molar-refractivity contribution is 0.0961. The summed E-state index contributed by atoms with van der Waals surface area (Å²) in [5, 5.41) is 3.30. The molecule has 0 radical (unpaired) electrons. The molecule has 1 aliphatic heterocycles. The van der Waals surface area contributed by atoms with E-state index in [-0.39, 0.29) is 5.78 Å². The zero-order chi connectivity index (χ0) is 13.0. The van der Waals surface area contributed by atoms with Crippen molar-refractivity contribution in [1.29, 1.82) is 0 Å². The molecule has 0 spiro atoms. The van der Waals surface area contributed by atoms with Gasteiger partial charge in [0.05, 0.1) is 12.7 Å². The first kappa shape index (κ1) is 13.1. The Labute approximate surface area is 109 Å². The third-order valence-electron chi connectivity index (χ3n) is 3.61. The highest BCUT2D eigenvalue weighted by molar-refractivity contribution is 5.99. The molecule has 98 valence electrons. The topological polar surface area (TPSA) is 38.3 Å². The number of Topliss-reactive ketones (excluding diaryl/α,β-unsaturated/α-hetero) is 1. The van der Waals surface area contributed by atoms with E-state index in [1.54, 1.807) is 7.11 Å². The molecule has 1 fully saturated rings. The maximum absolute atomic E-state index is 12.3. The van der Waals surface area contributed by atoms with Gasteiger partial charge in [-0.2, -0.15) is 0 Å². The molecular formula is C15H21NO2. The summed E-state index contributed by atoms with van der Waals surface area (Å²) in [5.74, 6) is 1.38. The van der Waals surface area contributed by atoms with Crippen molar-refractivity contribution in [2.75, 3.05) is 20.2 Å². The molecule has 0 amide bonds. The Morgan fingerprint density at radius 3 is 2.94 bits per heavy atom. The number of hydrogen-bond donors (Lipinski definition) is 1. The van der Waals surface area contributed by atoms with E-state index in [1.807, 2.05) is 18.2 Å². The minimum Gasteiger partial charge on any atom is -0.496 e. The van der Waals surface area contributed by atoms with Crippen molar-refractivity contribution in [3.05, 3.63) is 29.3 Å². The van der Waals surface area contributed by atoms with Gasteiger partial charge in [0.15, 0.2) is 5.78 Å². The number of nitrogens with one attached hydrogen (secondary N) is 1. The first-order valence-electron chi connectivity index (χ1n) is 6.65. The molecule has 1 unspecified atom stereocenters. The Kier molecular flexibility index (Phi) is 4.37. The molecule has 0 saturated carbocycles. The van der Waals surface area contributed by atoms with Crippen LogP contribution in [0.4, 0.5) is 0 Å². The number of carbonyl (C=O) groups excluding carboxylic acids is 1. The van der Waals surface area contributed by atoms with E-state index in [4.69, 9.17) is 4.74 Å². The van der Waals surface area contributed by atoms with E-state index in [2.05, 4.69) is 12.2 Å². The molecule has 0 aromatic heterocycles. The van der Waals surface area contributed by atoms with Crippen molar-refractivity contribution in [3.63, 3.8) is 0 Å². The summed E-state index contributed by atoms with van der Waals surface area (Å²) in [6.07, 6.45) is 2.66. The third kappa shape index (κ3) is 2.91. The zero-order valence-corrected chi connectivity index (χ0v) is 11.2. The predicted octanol–water partition coefficient (Wildman–Crippen LogP) is 2.44. The molecule has 3 nitrogen and oxygen atoms in total. The van der Waals surface area contributed by atoms with Gasteiger partial charge in [-0.15, -0.1) is 0 Å². The molecule has 1 N–H and O–H groups in total. The summed E-state index contributed by atoms with van der Waals surface area (Å²) in [6.45, 7) is 4.09. The quantitative estimate of drug-likeness (QED) is 0.812. The van der Waals surface area contributed by atoms with Crippen LogP contribution >= 0.6 is 0 Å². The van der Waals surface area contributed by atoms with Gasteiger partial charge in [-0.05, 0) is 49.5 Å². The van der Waals surface area contributed by atoms with Crippen molar-refractivity contribution in [2.24, 2.45) is 5.92 Å². The highest BCUT2D eigenvalue weighted by atomic mass is 16.5. The van der Waals surface area contributed by atoms with Crippen LogP contribution in [-0.2, 0) is 6.42 Å². The van der Waals surface area contributed by atoms with Crippen molar-refractivity contribution in [2.45, 2.75) is 26.2 Å². The maximum Gasteiger partial charge on any atom is 0.166 e. The molecule has 1 aromatic rings. The SMILES string of the molecule is CCc1ccc(OC)c(C(=O)CC2CCNC2)c1. The van der Waals surface area contributed by atoms with Crippen molar-refractivity contribution >= 4 is 5.78 Å². The number of aryl methyl sites for hydroxylation is 1.